The number of nitrogens with zero attached hydrogens (tertiary/aromatic N) is 1. The van der Waals surface area contributed by atoms with Gasteiger partial charge in [-0.3, -0.25) is 4.79 Å². The minimum absolute atomic E-state index is 0.0739. The normalized spacial score (nSPS) is 27.7. The highest BCUT2D eigenvalue weighted by atomic mass is 32.2. The lowest BCUT2D eigenvalue weighted by molar-refractivity contribution is -0.141. The number of primary sulfonamides is 1. The Labute approximate surface area is 138 Å². The Balaban J connectivity index is 1.92. The van der Waals surface area contributed by atoms with Crippen molar-refractivity contribution in [3.63, 3.8) is 0 Å². The maximum Gasteiger partial charge on any atom is 0.326 e. The Morgan fingerprint density at radius 1 is 1.30 bits per heavy atom. The van der Waals surface area contributed by atoms with Gasteiger partial charge < -0.3 is 10.0 Å². The minimum atomic E-state index is -3.86. The molecule has 1 aromatic rings. The van der Waals surface area contributed by atoms with Gasteiger partial charge in [-0.2, -0.15) is 0 Å². The number of fused-ring (bicyclic) bond motifs is 1. The predicted octanol–water partition coefficient (Wildman–Crippen LogP) is 1.25. The van der Waals surface area contributed by atoms with Crippen LogP contribution in [0.3, 0.4) is 0 Å². The molecule has 2 heterocycles. The molecule has 1 aromatic heterocycles. The van der Waals surface area contributed by atoms with E-state index in [0.29, 0.717) is 6.42 Å². The van der Waals surface area contributed by atoms with Gasteiger partial charge in [0, 0.05) is 11.4 Å². The third-order valence-corrected chi connectivity index (χ3v) is 7.10. The summed E-state index contributed by atoms with van der Waals surface area (Å²) in [5.74, 6) is -1.21. The number of carboxylic acid groups (broad SMARTS) is 1. The fourth-order valence-electron chi connectivity index (χ4n) is 3.70. The summed E-state index contributed by atoms with van der Waals surface area (Å²) in [6.07, 6.45) is 4.24. The molecule has 3 atom stereocenters. The van der Waals surface area contributed by atoms with Crippen LogP contribution in [0.5, 0.6) is 0 Å². The molecular weight excluding hydrogens is 340 g/mol. The highest BCUT2D eigenvalue weighted by Crippen LogP contribution is 2.40. The van der Waals surface area contributed by atoms with E-state index in [2.05, 4.69) is 0 Å². The zero-order chi connectivity index (χ0) is 16.8. The van der Waals surface area contributed by atoms with Crippen molar-refractivity contribution in [2.24, 2.45) is 11.1 Å². The van der Waals surface area contributed by atoms with E-state index in [4.69, 9.17) is 5.14 Å². The number of nitrogens with two attached hydrogens (primary N) is 1. The number of hydrogen-bond acceptors (Lipinski definition) is 5. The number of rotatable bonds is 3. The smallest absolute Gasteiger partial charge is 0.326 e. The highest BCUT2D eigenvalue weighted by molar-refractivity contribution is 7.91. The van der Waals surface area contributed by atoms with E-state index < -0.39 is 27.9 Å². The molecule has 0 radical (unpaired) electrons. The van der Waals surface area contributed by atoms with Crippen molar-refractivity contribution in [3.8, 4) is 0 Å². The van der Waals surface area contributed by atoms with Gasteiger partial charge in [0.05, 0.1) is 5.56 Å². The molecule has 0 bridgehead atoms. The van der Waals surface area contributed by atoms with Crippen molar-refractivity contribution in [2.45, 2.75) is 48.4 Å². The van der Waals surface area contributed by atoms with Gasteiger partial charge in [-0.15, -0.1) is 11.3 Å². The summed E-state index contributed by atoms with van der Waals surface area (Å²) in [5, 5.41) is 16.0. The van der Waals surface area contributed by atoms with Crippen LogP contribution in [-0.4, -0.2) is 42.4 Å². The SMILES string of the molecule is NS(=O)(=O)c1cc(C(=O)N2[C@H](C(=O)O)C[C@H]3CCCC[C@@H]32)cs1. The summed E-state index contributed by atoms with van der Waals surface area (Å²) in [6, 6.07) is 0.320. The molecule has 126 valence electrons. The zero-order valence-corrected chi connectivity index (χ0v) is 14.0. The minimum Gasteiger partial charge on any atom is -0.480 e. The number of thiophene rings is 1. The van der Waals surface area contributed by atoms with Crippen molar-refractivity contribution >= 4 is 33.2 Å². The molecule has 3 N–H and O–H groups in total. The van der Waals surface area contributed by atoms with Crippen LogP contribution in [0.25, 0.3) is 0 Å². The molecule has 0 unspecified atom stereocenters. The molecule has 1 saturated carbocycles. The van der Waals surface area contributed by atoms with Crippen LogP contribution in [0, 0.1) is 5.92 Å². The maximum atomic E-state index is 12.8. The largest absolute Gasteiger partial charge is 0.480 e. The first kappa shape index (κ1) is 16.4. The first-order valence-electron chi connectivity index (χ1n) is 7.46. The first-order valence-corrected chi connectivity index (χ1v) is 9.88. The van der Waals surface area contributed by atoms with Gasteiger partial charge >= 0.3 is 5.97 Å². The molecule has 1 saturated heterocycles. The van der Waals surface area contributed by atoms with Gasteiger partial charge in [0.2, 0.25) is 10.0 Å². The summed E-state index contributed by atoms with van der Waals surface area (Å²) in [7, 11) is -3.86. The molecular formula is C14H18N2O5S2. The monoisotopic (exact) mass is 358 g/mol. The van der Waals surface area contributed by atoms with Crippen molar-refractivity contribution in [1.82, 2.24) is 4.90 Å². The Bertz CT molecular complexity index is 742. The predicted molar refractivity (Wildman–Crippen MR) is 83.6 cm³/mol. The lowest BCUT2D eigenvalue weighted by atomic mass is 9.84. The maximum absolute atomic E-state index is 12.8. The van der Waals surface area contributed by atoms with Gasteiger partial charge in [-0.1, -0.05) is 12.8 Å². The molecule has 1 aliphatic heterocycles. The Morgan fingerprint density at radius 2 is 2.00 bits per heavy atom. The molecule has 3 rings (SSSR count). The van der Waals surface area contributed by atoms with E-state index in [1.54, 1.807) is 0 Å². The van der Waals surface area contributed by atoms with Crippen molar-refractivity contribution in [3.05, 3.63) is 17.0 Å². The number of amides is 1. The van der Waals surface area contributed by atoms with Gasteiger partial charge in [0.1, 0.15) is 10.3 Å². The number of carbonyl (C=O) groups excluding carboxylic acids is 1. The molecule has 9 heteroatoms. The summed E-state index contributed by atoms with van der Waals surface area (Å²) < 4.78 is 22.6. The molecule has 1 aliphatic carbocycles. The molecule has 0 spiro atoms. The number of hydrogen-bond donors (Lipinski definition) is 2. The number of aliphatic carboxylic acids is 1. The lowest BCUT2D eigenvalue weighted by Gasteiger charge is -2.32. The van der Waals surface area contributed by atoms with E-state index in [9.17, 15) is 23.1 Å². The number of sulfonamides is 1. The Kier molecular flexibility index (Phi) is 4.19. The second kappa shape index (κ2) is 5.88. The fraction of sp³-hybridized carbons (Fsp3) is 0.571. The van der Waals surface area contributed by atoms with Crippen molar-refractivity contribution < 1.29 is 23.1 Å². The van der Waals surface area contributed by atoms with Gasteiger partial charge in [0.25, 0.3) is 5.91 Å². The summed E-state index contributed by atoms with van der Waals surface area (Å²) in [5.41, 5.74) is 0.191. The standard InChI is InChI=1S/C14H18N2O5S2/c15-23(20,21)12-6-9(7-22-12)13(17)16-10-4-2-1-3-8(10)5-11(16)14(18)19/h6-8,10-11H,1-5H2,(H,18,19)(H2,15,20,21)/t8-,10+,11+/m1/s1. The van der Waals surface area contributed by atoms with Gasteiger partial charge in [0.15, 0.2) is 0 Å². The molecule has 7 nitrogen and oxygen atoms in total. The lowest BCUT2D eigenvalue weighted by Crippen LogP contribution is -2.46. The second-order valence-corrected chi connectivity index (χ2v) is 8.81. The van der Waals surface area contributed by atoms with Crippen LogP contribution < -0.4 is 5.14 Å². The summed E-state index contributed by atoms with van der Waals surface area (Å²) in [4.78, 5) is 25.8. The van der Waals surface area contributed by atoms with Gasteiger partial charge in [-0.05, 0) is 31.2 Å². The second-order valence-electron chi connectivity index (χ2n) is 6.11. The van der Waals surface area contributed by atoms with Crippen LogP contribution in [0.4, 0.5) is 0 Å². The third-order valence-electron chi connectivity index (χ3n) is 4.71. The topological polar surface area (TPSA) is 118 Å². The van der Waals surface area contributed by atoms with Crippen LogP contribution in [-0.2, 0) is 14.8 Å². The molecule has 0 aromatic carbocycles. The van der Waals surface area contributed by atoms with Crippen LogP contribution in [0.15, 0.2) is 15.7 Å². The highest BCUT2D eigenvalue weighted by Gasteiger charge is 2.47. The van der Waals surface area contributed by atoms with Crippen molar-refractivity contribution in [1.29, 1.82) is 0 Å². The van der Waals surface area contributed by atoms with E-state index in [-0.39, 0.29) is 21.7 Å². The van der Waals surface area contributed by atoms with E-state index in [1.165, 1.54) is 16.3 Å². The number of carboxylic acids is 1. The van der Waals surface area contributed by atoms with Crippen LogP contribution in [0.2, 0.25) is 0 Å². The van der Waals surface area contributed by atoms with Crippen LogP contribution in [0.1, 0.15) is 42.5 Å². The van der Waals surface area contributed by atoms with Crippen LogP contribution >= 0.6 is 11.3 Å². The van der Waals surface area contributed by atoms with Crippen molar-refractivity contribution in [2.75, 3.05) is 0 Å². The average Bonchev–Trinajstić information content (AvgIpc) is 3.11. The molecule has 2 fully saturated rings. The molecule has 1 amide bonds. The fourth-order valence-corrected chi connectivity index (χ4v) is 5.28. The first-order chi connectivity index (χ1) is 10.8. The van der Waals surface area contributed by atoms with E-state index in [0.717, 1.165) is 37.0 Å². The summed E-state index contributed by atoms with van der Waals surface area (Å²) in [6.45, 7) is 0. The number of carbonyl (C=O) groups is 2. The molecule has 2 aliphatic rings. The van der Waals surface area contributed by atoms with Gasteiger partial charge in [-0.25, -0.2) is 18.4 Å². The summed E-state index contributed by atoms with van der Waals surface area (Å²) >= 11 is 0.875. The Morgan fingerprint density at radius 3 is 2.61 bits per heavy atom. The van der Waals surface area contributed by atoms with E-state index >= 15 is 0 Å². The third kappa shape index (κ3) is 3.00. The quantitative estimate of drug-likeness (QED) is 0.843. The molecule has 23 heavy (non-hydrogen) atoms. The Hall–Kier alpha value is -1.45. The average molecular weight is 358 g/mol. The number of likely N-dealkylation sites (tertiary alicyclic amines) is 1. The zero-order valence-electron chi connectivity index (χ0n) is 12.3. The van der Waals surface area contributed by atoms with E-state index in [1.807, 2.05) is 0 Å².